The van der Waals surface area contributed by atoms with Gasteiger partial charge in [0.25, 0.3) is 0 Å². The summed E-state index contributed by atoms with van der Waals surface area (Å²) in [5.74, 6) is -0.0644. The lowest BCUT2D eigenvalue weighted by Gasteiger charge is -2.37. The van der Waals surface area contributed by atoms with Gasteiger partial charge in [-0.3, -0.25) is 9.59 Å². The third-order valence-electron chi connectivity index (χ3n) is 5.39. The Bertz CT molecular complexity index is 591. The molecule has 1 saturated heterocycles. The lowest BCUT2D eigenvalue weighted by atomic mass is 9.69. The SMILES string of the molecule is CN1CC(=O)N(c2ccc(C3(CN)CCCCC3)cc2)CC1=O. The molecule has 23 heavy (non-hydrogen) atoms. The highest BCUT2D eigenvalue weighted by Gasteiger charge is 2.33. The zero-order valence-corrected chi connectivity index (χ0v) is 13.8. The fraction of sp³-hybridized carbons (Fsp3) is 0.556. The van der Waals surface area contributed by atoms with Gasteiger partial charge in [0.1, 0.15) is 6.54 Å². The van der Waals surface area contributed by atoms with Crippen molar-refractivity contribution in [1.29, 1.82) is 0 Å². The molecular weight excluding hydrogens is 290 g/mol. The maximum Gasteiger partial charge on any atom is 0.247 e. The van der Waals surface area contributed by atoms with Crippen LogP contribution in [0.25, 0.3) is 0 Å². The van der Waals surface area contributed by atoms with Crippen molar-refractivity contribution in [3.63, 3.8) is 0 Å². The molecule has 0 radical (unpaired) electrons. The lowest BCUT2D eigenvalue weighted by molar-refractivity contribution is -0.136. The molecule has 1 aromatic carbocycles. The molecule has 2 amide bonds. The van der Waals surface area contributed by atoms with E-state index in [0.29, 0.717) is 6.54 Å². The van der Waals surface area contributed by atoms with E-state index in [1.165, 1.54) is 29.7 Å². The second-order valence-corrected chi connectivity index (χ2v) is 6.82. The highest BCUT2D eigenvalue weighted by Crippen LogP contribution is 2.39. The van der Waals surface area contributed by atoms with Crippen LogP contribution in [0.5, 0.6) is 0 Å². The first-order chi connectivity index (χ1) is 11.1. The molecule has 0 unspecified atom stereocenters. The number of carbonyl (C=O) groups is 2. The van der Waals surface area contributed by atoms with Crippen LogP contribution in [0.15, 0.2) is 24.3 Å². The average Bonchev–Trinajstić information content (AvgIpc) is 2.59. The maximum absolute atomic E-state index is 12.2. The summed E-state index contributed by atoms with van der Waals surface area (Å²) in [6, 6.07) is 8.09. The first kappa shape index (κ1) is 16.0. The molecule has 1 saturated carbocycles. The topological polar surface area (TPSA) is 66.6 Å². The van der Waals surface area contributed by atoms with E-state index in [0.717, 1.165) is 18.5 Å². The van der Waals surface area contributed by atoms with Gasteiger partial charge in [-0.05, 0) is 30.5 Å². The molecule has 0 bridgehead atoms. The second-order valence-electron chi connectivity index (χ2n) is 6.82. The van der Waals surface area contributed by atoms with Crippen LogP contribution in [-0.4, -0.2) is 43.4 Å². The van der Waals surface area contributed by atoms with E-state index in [-0.39, 0.29) is 30.3 Å². The smallest absolute Gasteiger partial charge is 0.247 e. The van der Waals surface area contributed by atoms with Crippen molar-refractivity contribution in [3.05, 3.63) is 29.8 Å². The molecular formula is C18H25N3O2. The molecule has 5 heteroatoms. The number of hydrogen-bond acceptors (Lipinski definition) is 3. The first-order valence-corrected chi connectivity index (χ1v) is 8.41. The summed E-state index contributed by atoms with van der Waals surface area (Å²) >= 11 is 0. The molecule has 2 N–H and O–H groups in total. The van der Waals surface area contributed by atoms with Gasteiger partial charge in [-0.2, -0.15) is 0 Å². The predicted octanol–water partition coefficient (Wildman–Crippen LogP) is 1.65. The first-order valence-electron chi connectivity index (χ1n) is 8.41. The van der Waals surface area contributed by atoms with E-state index in [1.54, 1.807) is 11.9 Å². The second kappa shape index (κ2) is 6.32. The van der Waals surface area contributed by atoms with E-state index in [2.05, 4.69) is 12.1 Å². The van der Waals surface area contributed by atoms with Crippen molar-refractivity contribution in [3.8, 4) is 0 Å². The highest BCUT2D eigenvalue weighted by molar-refractivity contribution is 6.04. The summed E-state index contributed by atoms with van der Waals surface area (Å²) in [6.45, 7) is 0.933. The zero-order valence-electron chi connectivity index (χ0n) is 13.8. The van der Waals surface area contributed by atoms with Crippen LogP contribution in [0.2, 0.25) is 0 Å². The van der Waals surface area contributed by atoms with Crippen LogP contribution in [0.4, 0.5) is 5.69 Å². The molecule has 2 fully saturated rings. The summed E-state index contributed by atoms with van der Waals surface area (Å²) in [7, 11) is 1.66. The van der Waals surface area contributed by atoms with Gasteiger partial charge in [0, 0.05) is 24.7 Å². The summed E-state index contributed by atoms with van der Waals surface area (Å²) < 4.78 is 0. The number of piperazine rings is 1. The number of benzene rings is 1. The molecule has 0 atom stereocenters. The Hall–Kier alpha value is -1.88. The van der Waals surface area contributed by atoms with E-state index in [4.69, 9.17) is 5.73 Å². The van der Waals surface area contributed by atoms with Crippen molar-refractivity contribution in [1.82, 2.24) is 4.90 Å². The molecule has 5 nitrogen and oxygen atoms in total. The molecule has 0 aromatic heterocycles. The number of likely N-dealkylation sites (N-methyl/N-ethyl adjacent to an activating group) is 1. The van der Waals surface area contributed by atoms with Crippen LogP contribution < -0.4 is 10.6 Å². The Morgan fingerprint density at radius 1 is 1.00 bits per heavy atom. The quantitative estimate of drug-likeness (QED) is 0.922. The Kier molecular flexibility index (Phi) is 4.39. The van der Waals surface area contributed by atoms with Crippen molar-refractivity contribution in [2.45, 2.75) is 37.5 Å². The Morgan fingerprint density at radius 3 is 2.26 bits per heavy atom. The maximum atomic E-state index is 12.2. The van der Waals surface area contributed by atoms with Crippen LogP contribution in [0.1, 0.15) is 37.7 Å². The zero-order chi connectivity index (χ0) is 16.4. The van der Waals surface area contributed by atoms with Crippen molar-refractivity contribution >= 4 is 17.5 Å². The van der Waals surface area contributed by atoms with Gasteiger partial charge in [-0.15, -0.1) is 0 Å². The molecule has 1 aromatic rings. The third-order valence-corrected chi connectivity index (χ3v) is 5.39. The predicted molar refractivity (Wildman–Crippen MR) is 90.2 cm³/mol. The van der Waals surface area contributed by atoms with Crippen LogP contribution in [0.3, 0.4) is 0 Å². The largest absolute Gasteiger partial charge is 0.335 e. The number of amides is 2. The van der Waals surface area contributed by atoms with E-state index < -0.39 is 0 Å². The van der Waals surface area contributed by atoms with E-state index in [9.17, 15) is 9.59 Å². The minimum absolute atomic E-state index is 0.0283. The van der Waals surface area contributed by atoms with Gasteiger partial charge in [0.15, 0.2) is 0 Å². The fourth-order valence-electron chi connectivity index (χ4n) is 3.79. The molecule has 1 aliphatic heterocycles. The fourth-order valence-corrected chi connectivity index (χ4v) is 3.79. The number of nitrogens with two attached hydrogens (primary N) is 1. The molecule has 124 valence electrons. The van der Waals surface area contributed by atoms with Gasteiger partial charge in [-0.25, -0.2) is 0 Å². The normalized spacial score (nSPS) is 21.7. The van der Waals surface area contributed by atoms with E-state index >= 15 is 0 Å². The average molecular weight is 315 g/mol. The lowest BCUT2D eigenvalue weighted by Crippen LogP contribution is -2.52. The number of nitrogens with zero attached hydrogens (tertiary/aromatic N) is 2. The van der Waals surface area contributed by atoms with Crippen LogP contribution >= 0.6 is 0 Å². The summed E-state index contributed by atoms with van der Waals surface area (Å²) in [4.78, 5) is 27.1. The van der Waals surface area contributed by atoms with Crippen molar-refractivity contribution in [2.24, 2.45) is 5.73 Å². The van der Waals surface area contributed by atoms with Gasteiger partial charge < -0.3 is 15.5 Å². The minimum Gasteiger partial charge on any atom is -0.335 e. The molecule has 2 aliphatic rings. The Labute approximate surface area is 137 Å². The Morgan fingerprint density at radius 2 is 1.65 bits per heavy atom. The summed E-state index contributed by atoms with van der Waals surface area (Å²) in [5, 5.41) is 0. The van der Waals surface area contributed by atoms with Crippen LogP contribution in [-0.2, 0) is 15.0 Å². The number of hydrogen-bond donors (Lipinski definition) is 1. The molecule has 0 spiro atoms. The third kappa shape index (κ3) is 2.98. The van der Waals surface area contributed by atoms with Gasteiger partial charge in [-0.1, -0.05) is 31.4 Å². The minimum atomic E-state index is -0.0361. The standard InChI is InChI=1S/C18H25N3O2/c1-20-11-17(23)21(12-16(20)22)15-7-5-14(6-8-15)18(13-19)9-3-2-4-10-18/h5-8H,2-4,9-13,19H2,1H3. The van der Waals surface area contributed by atoms with Gasteiger partial charge in [0.2, 0.25) is 11.8 Å². The Balaban J connectivity index is 1.81. The van der Waals surface area contributed by atoms with Crippen molar-refractivity contribution < 1.29 is 9.59 Å². The van der Waals surface area contributed by atoms with Gasteiger partial charge >= 0.3 is 0 Å². The number of rotatable bonds is 3. The van der Waals surface area contributed by atoms with Gasteiger partial charge in [0.05, 0.1) is 6.54 Å². The molecule has 1 heterocycles. The van der Waals surface area contributed by atoms with Crippen LogP contribution in [0, 0.1) is 0 Å². The van der Waals surface area contributed by atoms with Crippen molar-refractivity contribution in [2.75, 3.05) is 31.6 Å². The number of carbonyl (C=O) groups excluding carboxylic acids is 2. The van der Waals surface area contributed by atoms with E-state index in [1.807, 2.05) is 12.1 Å². The number of anilines is 1. The molecule has 3 rings (SSSR count). The monoisotopic (exact) mass is 315 g/mol. The highest BCUT2D eigenvalue weighted by atomic mass is 16.2. The summed E-state index contributed by atoms with van der Waals surface area (Å²) in [5.41, 5.74) is 8.23. The molecule has 1 aliphatic carbocycles. The summed E-state index contributed by atoms with van der Waals surface area (Å²) in [6.07, 6.45) is 6.01.